The Kier molecular flexibility index (Phi) is 7.86. The van der Waals surface area contributed by atoms with Gasteiger partial charge in [-0.15, -0.1) is 0 Å². The molecule has 0 saturated heterocycles. The van der Waals surface area contributed by atoms with E-state index in [0.29, 0.717) is 27.5 Å². The zero-order chi connectivity index (χ0) is 27.6. The van der Waals surface area contributed by atoms with Crippen LogP contribution in [-0.4, -0.2) is 35.3 Å². The van der Waals surface area contributed by atoms with Crippen molar-refractivity contribution >= 4 is 33.3 Å². The monoisotopic (exact) mass is 552 g/mol. The molecule has 0 radical (unpaired) electrons. The van der Waals surface area contributed by atoms with Crippen molar-refractivity contribution in [2.75, 3.05) is 12.0 Å². The van der Waals surface area contributed by atoms with Crippen LogP contribution < -0.4 is 15.8 Å². The van der Waals surface area contributed by atoms with Crippen molar-refractivity contribution in [1.29, 1.82) is 0 Å². The van der Waals surface area contributed by atoms with E-state index in [1.54, 1.807) is 35.1 Å². The number of sulfonamides is 1. The summed E-state index contributed by atoms with van der Waals surface area (Å²) in [5, 5.41) is 7.82. The first-order valence-corrected chi connectivity index (χ1v) is 14.1. The van der Waals surface area contributed by atoms with Crippen LogP contribution in [0.5, 0.6) is 0 Å². The quantitative estimate of drug-likeness (QED) is 0.299. The van der Waals surface area contributed by atoms with Crippen LogP contribution in [0, 0.1) is 6.92 Å². The summed E-state index contributed by atoms with van der Waals surface area (Å²) in [4.78, 5) is 17.5. The number of aryl methyl sites for hydroxylation is 2. The lowest BCUT2D eigenvalue weighted by atomic mass is 9.94. The number of carbonyl (C=O) groups is 1. The van der Waals surface area contributed by atoms with Crippen molar-refractivity contribution in [3.05, 3.63) is 88.3 Å². The van der Waals surface area contributed by atoms with Crippen LogP contribution in [0.1, 0.15) is 40.0 Å². The lowest BCUT2D eigenvalue weighted by molar-refractivity contribution is 0.0939. The van der Waals surface area contributed by atoms with E-state index in [2.05, 4.69) is 20.1 Å². The first-order chi connectivity index (χ1) is 17.9. The number of pyridine rings is 1. The minimum Gasteiger partial charge on any atom is -0.383 e. The molecule has 198 valence electrons. The molecule has 0 aliphatic heterocycles. The third-order valence-corrected chi connectivity index (χ3v) is 7.00. The van der Waals surface area contributed by atoms with Crippen LogP contribution >= 0.6 is 11.6 Å². The Balaban J connectivity index is 1.68. The first-order valence-electron chi connectivity index (χ1n) is 11.8. The first kappa shape index (κ1) is 27.3. The fraction of sp³-hybridized carbons (Fsp3) is 0.222. The molecule has 9 nitrogen and oxygen atoms in total. The lowest BCUT2D eigenvalue weighted by Crippen LogP contribution is -2.28. The summed E-state index contributed by atoms with van der Waals surface area (Å²) in [5.74, 6) is 0.0731. The molecule has 0 aliphatic carbocycles. The Morgan fingerprint density at radius 1 is 1.11 bits per heavy atom. The molecule has 1 atom stereocenters. The normalized spacial score (nSPS) is 12.3. The predicted octanol–water partition coefficient (Wildman–Crippen LogP) is 4.23. The third kappa shape index (κ3) is 6.58. The zero-order valence-electron chi connectivity index (χ0n) is 21.5. The number of nitrogens with two attached hydrogens (primary N) is 1. The molecule has 4 N–H and O–H groups in total. The second kappa shape index (κ2) is 10.9. The van der Waals surface area contributed by atoms with Gasteiger partial charge >= 0.3 is 0 Å². The second-order valence-electron chi connectivity index (χ2n) is 9.27. The SMILES string of the molecule is Cc1ccc(CNS(C)(=O)=O)cc1C(=O)N[C@H](C)c1cc(-c2cnn(C)c2)cc(-c2cc(Cl)cnc2N)c1. The molecule has 38 heavy (non-hydrogen) atoms. The average molecular weight is 553 g/mol. The maximum Gasteiger partial charge on any atom is 0.252 e. The molecule has 2 aromatic heterocycles. The predicted molar refractivity (Wildman–Crippen MR) is 150 cm³/mol. The zero-order valence-corrected chi connectivity index (χ0v) is 23.1. The van der Waals surface area contributed by atoms with Crippen molar-refractivity contribution in [2.24, 2.45) is 7.05 Å². The van der Waals surface area contributed by atoms with Crippen LogP contribution in [-0.2, 0) is 23.6 Å². The Morgan fingerprint density at radius 2 is 1.84 bits per heavy atom. The number of nitrogen functional groups attached to an aromatic ring is 1. The number of rotatable bonds is 8. The standard InChI is InChI=1S/C27H29ClN6O3S/c1-16-5-6-18(12-32-38(4,36)37)7-24(16)27(35)33-17(2)19-8-20(22-13-31-34(3)15-22)10-21(9-19)25-11-23(28)14-30-26(25)29/h5-11,13-15,17,32H,12H2,1-4H3,(H2,29,30)(H,33,35)/t17-/m1/s1. The maximum absolute atomic E-state index is 13.3. The summed E-state index contributed by atoms with van der Waals surface area (Å²) < 4.78 is 27.1. The molecule has 0 spiro atoms. The number of carbonyl (C=O) groups excluding carboxylic acids is 1. The summed E-state index contributed by atoms with van der Waals surface area (Å²) in [6, 6.07) is 12.6. The minimum absolute atomic E-state index is 0.0978. The van der Waals surface area contributed by atoms with Gasteiger partial charge in [0.05, 0.1) is 23.5 Å². The molecule has 11 heteroatoms. The number of halogens is 1. The van der Waals surface area contributed by atoms with Crippen molar-refractivity contribution in [2.45, 2.75) is 26.4 Å². The molecular weight excluding hydrogens is 524 g/mol. The summed E-state index contributed by atoms with van der Waals surface area (Å²) in [7, 11) is -1.51. The Labute approximate surface area is 227 Å². The van der Waals surface area contributed by atoms with Gasteiger partial charge in [0.25, 0.3) is 5.91 Å². The number of benzene rings is 2. The number of nitrogens with zero attached hydrogens (tertiary/aromatic N) is 3. The van der Waals surface area contributed by atoms with Gasteiger partial charge in [-0.2, -0.15) is 5.10 Å². The van der Waals surface area contributed by atoms with Gasteiger partial charge in [-0.05, 0) is 72.0 Å². The van der Waals surface area contributed by atoms with Crippen molar-refractivity contribution in [1.82, 2.24) is 24.8 Å². The summed E-state index contributed by atoms with van der Waals surface area (Å²) in [6.45, 7) is 3.83. The summed E-state index contributed by atoms with van der Waals surface area (Å²) in [6.07, 6.45) is 6.27. The van der Waals surface area contributed by atoms with Crippen molar-refractivity contribution < 1.29 is 13.2 Å². The van der Waals surface area contributed by atoms with Gasteiger partial charge in [0.2, 0.25) is 10.0 Å². The molecule has 0 unspecified atom stereocenters. The molecule has 2 heterocycles. The third-order valence-electron chi connectivity index (χ3n) is 6.12. The highest BCUT2D eigenvalue weighted by molar-refractivity contribution is 7.88. The summed E-state index contributed by atoms with van der Waals surface area (Å²) >= 11 is 6.21. The van der Waals surface area contributed by atoms with Crippen LogP contribution in [0.4, 0.5) is 5.82 Å². The molecule has 0 aliphatic rings. The van der Waals surface area contributed by atoms with E-state index in [9.17, 15) is 13.2 Å². The van der Waals surface area contributed by atoms with Crippen molar-refractivity contribution in [3.63, 3.8) is 0 Å². The van der Waals surface area contributed by atoms with Gasteiger partial charge in [-0.1, -0.05) is 23.7 Å². The maximum atomic E-state index is 13.3. The van der Waals surface area contributed by atoms with Crippen LogP contribution in [0.2, 0.25) is 5.02 Å². The molecular formula is C27H29ClN6O3S. The molecule has 4 rings (SSSR count). The van der Waals surface area contributed by atoms with Crippen LogP contribution in [0.25, 0.3) is 22.3 Å². The van der Waals surface area contributed by atoms with E-state index < -0.39 is 10.0 Å². The Morgan fingerprint density at radius 3 is 2.53 bits per heavy atom. The van der Waals surface area contributed by atoms with E-state index in [-0.39, 0.29) is 18.5 Å². The number of amides is 1. The average Bonchev–Trinajstić information content (AvgIpc) is 3.30. The minimum atomic E-state index is -3.36. The van der Waals surface area contributed by atoms with E-state index in [1.807, 2.05) is 45.3 Å². The second-order valence-corrected chi connectivity index (χ2v) is 11.5. The number of hydrogen-bond acceptors (Lipinski definition) is 6. The van der Waals surface area contributed by atoms with Crippen LogP contribution in [0.15, 0.2) is 61.1 Å². The lowest BCUT2D eigenvalue weighted by Gasteiger charge is -2.19. The van der Waals surface area contributed by atoms with E-state index in [0.717, 1.165) is 34.1 Å². The van der Waals surface area contributed by atoms with Gasteiger partial charge in [0, 0.05) is 42.7 Å². The fourth-order valence-corrected chi connectivity index (χ4v) is 4.66. The molecule has 0 saturated carbocycles. The smallest absolute Gasteiger partial charge is 0.252 e. The van der Waals surface area contributed by atoms with Crippen LogP contribution in [0.3, 0.4) is 0 Å². The Hall–Kier alpha value is -3.73. The number of hydrogen-bond donors (Lipinski definition) is 3. The summed E-state index contributed by atoms with van der Waals surface area (Å²) in [5.41, 5.74) is 12.3. The highest BCUT2D eigenvalue weighted by Gasteiger charge is 2.18. The van der Waals surface area contributed by atoms with E-state index in [4.69, 9.17) is 17.3 Å². The number of nitrogens with one attached hydrogen (secondary N) is 2. The van der Waals surface area contributed by atoms with Crippen molar-refractivity contribution in [3.8, 4) is 22.3 Å². The van der Waals surface area contributed by atoms with Gasteiger partial charge in [-0.25, -0.2) is 18.1 Å². The molecule has 4 aromatic rings. The fourth-order valence-electron chi connectivity index (χ4n) is 4.07. The number of anilines is 1. The van der Waals surface area contributed by atoms with Gasteiger partial charge in [-0.3, -0.25) is 9.48 Å². The topological polar surface area (TPSA) is 132 Å². The molecule has 0 fully saturated rings. The molecule has 1 amide bonds. The van der Waals surface area contributed by atoms with Gasteiger partial charge < -0.3 is 11.1 Å². The van der Waals surface area contributed by atoms with E-state index >= 15 is 0 Å². The molecule has 2 aromatic carbocycles. The highest BCUT2D eigenvalue weighted by atomic mass is 35.5. The highest BCUT2D eigenvalue weighted by Crippen LogP contribution is 2.33. The van der Waals surface area contributed by atoms with Gasteiger partial charge in [0.15, 0.2) is 0 Å². The van der Waals surface area contributed by atoms with Gasteiger partial charge in [0.1, 0.15) is 5.82 Å². The van der Waals surface area contributed by atoms with E-state index in [1.165, 1.54) is 6.20 Å². The number of aromatic nitrogens is 3. The largest absolute Gasteiger partial charge is 0.383 e. The molecule has 0 bridgehead atoms. The Bertz CT molecular complexity index is 1620.